The molecule has 2 rings (SSSR count). The number of hydrogen-bond donors (Lipinski definition) is 1. The van der Waals surface area contributed by atoms with Crippen LogP contribution in [0.4, 0.5) is 0 Å². The standard InChI is InChI=1S/C12H13BrN4O2/c1-7(12(18)19)8(2)17-11(14-15-16-17)9-5-3-4-6-10(9)13/h3-8H,1-2H3,(H,18,19). The van der Waals surface area contributed by atoms with Gasteiger partial charge in [0, 0.05) is 10.0 Å². The molecule has 0 saturated carbocycles. The van der Waals surface area contributed by atoms with Crippen LogP contribution in [0.25, 0.3) is 11.4 Å². The molecule has 1 aromatic carbocycles. The van der Waals surface area contributed by atoms with Crippen molar-refractivity contribution in [2.24, 2.45) is 5.92 Å². The number of carbonyl (C=O) groups is 1. The van der Waals surface area contributed by atoms with Gasteiger partial charge < -0.3 is 5.11 Å². The van der Waals surface area contributed by atoms with E-state index in [4.69, 9.17) is 5.11 Å². The molecule has 1 aromatic heterocycles. The van der Waals surface area contributed by atoms with Crippen LogP contribution in [0.2, 0.25) is 0 Å². The Bertz CT molecular complexity index is 599. The second-order valence-corrected chi connectivity index (χ2v) is 5.15. The van der Waals surface area contributed by atoms with E-state index in [2.05, 4.69) is 31.5 Å². The summed E-state index contributed by atoms with van der Waals surface area (Å²) in [5.41, 5.74) is 0.830. The number of hydrogen-bond acceptors (Lipinski definition) is 4. The smallest absolute Gasteiger partial charge is 0.308 e. The van der Waals surface area contributed by atoms with Gasteiger partial charge in [-0.25, -0.2) is 4.68 Å². The summed E-state index contributed by atoms with van der Waals surface area (Å²) in [6.45, 7) is 3.42. The Kier molecular flexibility index (Phi) is 3.94. The predicted octanol–water partition coefficient (Wildman–Crippen LogP) is 2.38. The molecule has 0 radical (unpaired) electrons. The van der Waals surface area contributed by atoms with Crippen molar-refractivity contribution < 1.29 is 9.90 Å². The summed E-state index contributed by atoms with van der Waals surface area (Å²) in [4.78, 5) is 11.1. The molecule has 0 bridgehead atoms. The Morgan fingerprint density at radius 2 is 2.05 bits per heavy atom. The van der Waals surface area contributed by atoms with Crippen LogP contribution in [0.3, 0.4) is 0 Å². The maximum atomic E-state index is 11.1. The molecule has 1 heterocycles. The van der Waals surface area contributed by atoms with E-state index in [1.807, 2.05) is 24.3 Å². The quantitative estimate of drug-likeness (QED) is 0.933. The summed E-state index contributed by atoms with van der Waals surface area (Å²) in [5, 5.41) is 20.6. The fraction of sp³-hybridized carbons (Fsp3) is 0.333. The molecular formula is C12H13BrN4O2. The van der Waals surface area contributed by atoms with Crippen LogP contribution in [0.1, 0.15) is 19.9 Å². The average molecular weight is 325 g/mol. The van der Waals surface area contributed by atoms with E-state index in [-0.39, 0.29) is 6.04 Å². The highest BCUT2D eigenvalue weighted by atomic mass is 79.9. The maximum Gasteiger partial charge on any atom is 0.308 e. The Balaban J connectivity index is 2.44. The lowest BCUT2D eigenvalue weighted by atomic mass is 10.0. The lowest BCUT2D eigenvalue weighted by Crippen LogP contribution is -2.23. The summed E-state index contributed by atoms with van der Waals surface area (Å²) in [6.07, 6.45) is 0. The Labute approximate surface area is 118 Å². The summed E-state index contributed by atoms with van der Waals surface area (Å²) < 4.78 is 2.40. The topological polar surface area (TPSA) is 80.9 Å². The number of carboxylic acid groups (broad SMARTS) is 1. The molecule has 19 heavy (non-hydrogen) atoms. The van der Waals surface area contributed by atoms with Gasteiger partial charge in [0.1, 0.15) is 0 Å². The molecule has 7 heteroatoms. The van der Waals surface area contributed by atoms with Gasteiger partial charge in [-0.2, -0.15) is 0 Å². The predicted molar refractivity (Wildman–Crippen MR) is 72.5 cm³/mol. The molecule has 0 aliphatic rings. The summed E-state index contributed by atoms with van der Waals surface area (Å²) in [6, 6.07) is 7.20. The molecule has 6 nitrogen and oxygen atoms in total. The Morgan fingerprint density at radius 3 is 2.68 bits per heavy atom. The summed E-state index contributed by atoms with van der Waals surface area (Å²) >= 11 is 3.44. The highest BCUT2D eigenvalue weighted by Crippen LogP contribution is 2.28. The van der Waals surface area contributed by atoms with E-state index in [1.165, 1.54) is 0 Å². The van der Waals surface area contributed by atoms with E-state index in [0.29, 0.717) is 5.82 Å². The van der Waals surface area contributed by atoms with Crippen LogP contribution >= 0.6 is 15.9 Å². The van der Waals surface area contributed by atoms with Crippen LogP contribution in [-0.2, 0) is 4.79 Å². The van der Waals surface area contributed by atoms with Crippen molar-refractivity contribution in [3.8, 4) is 11.4 Å². The SMILES string of the molecule is CC(C(=O)O)C(C)n1nnnc1-c1ccccc1Br. The first-order valence-electron chi connectivity index (χ1n) is 5.78. The van der Waals surface area contributed by atoms with Gasteiger partial charge in [-0.3, -0.25) is 4.79 Å². The first-order chi connectivity index (χ1) is 9.02. The summed E-state index contributed by atoms with van der Waals surface area (Å²) in [7, 11) is 0. The van der Waals surface area contributed by atoms with Crippen LogP contribution in [0, 0.1) is 5.92 Å². The summed E-state index contributed by atoms with van der Waals surface area (Å²) in [5.74, 6) is -0.904. The van der Waals surface area contributed by atoms with Gasteiger partial charge in [0.05, 0.1) is 12.0 Å². The van der Waals surface area contributed by atoms with Crippen LogP contribution in [-0.4, -0.2) is 31.3 Å². The van der Waals surface area contributed by atoms with Gasteiger partial charge in [0.15, 0.2) is 5.82 Å². The van der Waals surface area contributed by atoms with Crippen molar-refractivity contribution in [2.45, 2.75) is 19.9 Å². The minimum atomic E-state index is -0.874. The second kappa shape index (κ2) is 5.48. The molecule has 0 fully saturated rings. The number of aromatic nitrogens is 4. The number of benzene rings is 1. The number of carboxylic acids is 1. The highest BCUT2D eigenvalue weighted by molar-refractivity contribution is 9.10. The largest absolute Gasteiger partial charge is 0.481 e. The Morgan fingerprint density at radius 1 is 1.37 bits per heavy atom. The van der Waals surface area contributed by atoms with Crippen molar-refractivity contribution in [2.75, 3.05) is 0 Å². The van der Waals surface area contributed by atoms with E-state index < -0.39 is 11.9 Å². The highest BCUT2D eigenvalue weighted by Gasteiger charge is 2.25. The van der Waals surface area contributed by atoms with E-state index in [1.54, 1.807) is 18.5 Å². The molecule has 0 aliphatic heterocycles. The molecule has 2 atom stereocenters. The van der Waals surface area contributed by atoms with E-state index in [9.17, 15) is 4.79 Å². The number of nitrogens with zero attached hydrogens (tertiary/aromatic N) is 4. The minimum Gasteiger partial charge on any atom is -0.481 e. The molecule has 1 N–H and O–H groups in total. The van der Waals surface area contributed by atoms with E-state index in [0.717, 1.165) is 10.0 Å². The van der Waals surface area contributed by atoms with Gasteiger partial charge in [0.2, 0.25) is 0 Å². The van der Waals surface area contributed by atoms with Gasteiger partial charge in [-0.15, -0.1) is 5.10 Å². The third-order valence-corrected chi connectivity index (χ3v) is 3.80. The Hall–Kier alpha value is -1.76. The van der Waals surface area contributed by atoms with Gasteiger partial charge in [0.25, 0.3) is 0 Å². The molecule has 2 aromatic rings. The lowest BCUT2D eigenvalue weighted by Gasteiger charge is -2.17. The number of rotatable bonds is 4. The van der Waals surface area contributed by atoms with Crippen molar-refractivity contribution in [1.82, 2.24) is 20.2 Å². The third-order valence-electron chi connectivity index (χ3n) is 3.11. The first-order valence-corrected chi connectivity index (χ1v) is 6.57. The third kappa shape index (κ3) is 2.65. The van der Waals surface area contributed by atoms with Crippen molar-refractivity contribution in [3.63, 3.8) is 0 Å². The van der Waals surface area contributed by atoms with Crippen LogP contribution in [0.5, 0.6) is 0 Å². The van der Waals surface area contributed by atoms with Crippen LogP contribution in [0.15, 0.2) is 28.7 Å². The van der Waals surface area contributed by atoms with Crippen molar-refractivity contribution >= 4 is 21.9 Å². The monoisotopic (exact) mass is 324 g/mol. The maximum absolute atomic E-state index is 11.1. The van der Waals surface area contributed by atoms with Crippen LogP contribution < -0.4 is 0 Å². The number of halogens is 1. The molecule has 0 aliphatic carbocycles. The van der Waals surface area contributed by atoms with Gasteiger partial charge in [-0.1, -0.05) is 28.1 Å². The zero-order valence-electron chi connectivity index (χ0n) is 10.5. The fourth-order valence-corrected chi connectivity index (χ4v) is 2.17. The zero-order valence-corrected chi connectivity index (χ0v) is 12.1. The van der Waals surface area contributed by atoms with Crippen molar-refractivity contribution in [3.05, 3.63) is 28.7 Å². The lowest BCUT2D eigenvalue weighted by molar-refractivity contribution is -0.142. The van der Waals surface area contributed by atoms with Gasteiger partial charge >= 0.3 is 5.97 Å². The average Bonchev–Trinajstić information content (AvgIpc) is 2.86. The molecule has 100 valence electrons. The first kappa shape index (κ1) is 13.7. The second-order valence-electron chi connectivity index (χ2n) is 4.29. The molecule has 0 saturated heterocycles. The minimum absolute atomic E-state index is 0.338. The number of aliphatic carboxylic acids is 1. The van der Waals surface area contributed by atoms with Crippen molar-refractivity contribution in [1.29, 1.82) is 0 Å². The normalized spacial score (nSPS) is 14.1. The zero-order chi connectivity index (χ0) is 14.0. The number of tetrazole rings is 1. The molecule has 0 amide bonds. The fourth-order valence-electron chi connectivity index (χ4n) is 1.71. The molecule has 2 unspecified atom stereocenters. The van der Waals surface area contributed by atoms with E-state index >= 15 is 0 Å². The molecular weight excluding hydrogens is 312 g/mol. The van der Waals surface area contributed by atoms with Gasteiger partial charge in [-0.05, 0) is 36.4 Å². The molecule has 0 spiro atoms.